The molecule has 0 unspecified atom stereocenters. The van der Waals surface area contributed by atoms with Crippen LogP contribution in [-0.4, -0.2) is 26.2 Å². The highest BCUT2D eigenvalue weighted by atomic mass is 127. The summed E-state index contributed by atoms with van der Waals surface area (Å²) in [6.45, 7) is 0. The molecule has 0 amide bonds. The number of rotatable bonds is 5. The number of allylic oxidation sites excluding steroid dienone is 2. The van der Waals surface area contributed by atoms with Gasteiger partial charge in [0, 0.05) is 9.77 Å². The van der Waals surface area contributed by atoms with Crippen molar-refractivity contribution in [1.29, 1.82) is 0 Å². The summed E-state index contributed by atoms with van der Waals surface area (Å²) in [6.07, 6.45) is 0.595. The summed E-state index contributed by atoms with van der Waals surface area (Å²) in [5.74, 6) is -6.32. The van der Waals surface area contributed by atoms with E-state index in [2.05, 4.69) is 0 Å². The van der Waals surface area contributed by atoms with Crippen molar-refractivity contribution in [2.75, 3.05) is 19.1 Å². The van der Waals surface area contributed by atoms with E-state index in [1.54, 1.807) is 0 Å². The summed E-state index contributed by atoms with van der Waals surface area (Å²) in [7, 11) is 2.19. The van der Waals surface area contributed by atoms with Crippen LogP contribution in [0.3, 0.4) is 0 Å². The van der Waals surface area contributed by atoms with Gasteiger partial charge in [-0.25, -0.2) is 18.4 Å². The van der Waals surface area contributed by atoms with Crippen LogP contribution in [0.2, 0.25) is 0 Å². The molecular weight excluding hydrogens is 592 g/mol. The monoisotopic (exact) mass is 607 g/mol. The van der Waals surface area contributed by atoms with Gasteiger partial charge in [-0.3, -0.25) is 0 Å². The number of hydrogen-bond donors (Lipinski definition) is 0. The van der Waals surface area contributed by atoms with E-state index in [9.17, 15) is 31.5 Å². The minimum absolute atomic E-state index is 0.0253. The Kier molecular flexibility index (Phi) is 7.83. The molecule has 0 fully saturated rings. The van der Waals surface area contributed by atoms with Gasteiger partial charge in [0.2, 0.25) is 0 Å². The smallest absolute Gasteiger partial charge is 0.416 e. The Hall–Kier alpha value is -3.42. The number of anilines is 1. The summed E-state index contributed by atoms with van der Waals surface area (Å²) in [6, 6.07) is 4.48. The number of hydrogen-bond acceptors (Lipinski definition) is 6. The molecule has 0 saturated carbocycles. The number of ether oxygens (including phenoxy) is 3. The molecule has 0 saturated heterocycles. The molecule has 2 aromatic carbocycles. The fourth-order valence-corrected chi connectivity index (χ4v) is 3.52. The van der Waals surface area contributed by atoms with Crippen LogP contribution in [0.15, 0.2) is 66.0 Å². The zero-order valence-electron chi connectivity index (χ0n) is 18.0. The summed E-state index contributed by atoms with van der Waals surface area (Å²) in [5, 5.41) is 0. The van der Waals surface area contributed by atoms with Crippen LogP contribution in [0.5, 0.6) is 11.5 Å². The number of nitrogens with zero attached hydrogens (tertiary/aromatic N) is 1. The standard InChI is InChI=1S/C23H15F5INO5/c1-33-21(31)14-5-3-4-8-30(19(14)22(32)34-2)17-11-13(29)6-7-18(17)35-20-15(24)9-12(10-16(20)25)23(26,27)28/h3-11H,1-2H3. The molecule has 3 rings (SSSR count). The van der Waals surface area contributed by atoms with Crippen molar-refractivity contribution in [3.05, 3.63) is 86.8 Å². The molecule has 0 bridgehead atoms. The van der Waals surface area contributed by atoms with Crippen molar-refractivity contribution < 1.29 is 45.8 Å². The third-order valence-electron chi connectivity index (χ3n) is 4.61. The Labute approximate surface area is 209 Å². The first-order valence-electron chi connectivity index (χ1n) is 9.56. The van der Waals surface area contributed by atoms with Crippen LogP contribution in [0.1, 0.15) is 5.56 Å². The van der Waals surface area contributed by atoms with Gasteiger partial charge in [-0.1, -0.05) is 6.08 Å². The number of benzene rings is 2. The number of esters is 2. The van der Waals surface area contributed by atoms with E-state index in [-0.39, 0.29) is 34.8 Å². The lowest BCUT2D eigenvalue weighted by molar-refractivity contribution is -0.139. The molecule has 35 heavy (non-hydrogen) atoms. The molecule has 0 atom stereocenters. The fourth-order valence-electron chi connectivity index (χ4n) is 3.05. The maximum atomic E-state index is 14.5. The van der Waals surface area contributed by atoms with Crippen LogP contribution < -0.4 is 9.64 Å². The van der Waals surface area contributed by atoms with E-state index in [0.29, 0.717) is 3.57 Å². The molecule has 2 aromatic rings. The lowest BCUT2D eigenvalue weighted by Crippen LogP contribution is -2.27. The average molecular weight is 607 g/mol. The van der Waals surface area contributed by atoms with E-state index in [4.69, 9.17) is 14.2 Å². The van der Waals surface area contributed by atoms with E-state index >= 15 is 0 Å². The molecular formula is C23H15F5INO5. The molecule has 0 spiro atoms. The topological polar surface area (TPSA) is 65.1 Å². The molecule has 6 nitrogen and oxygen atoms in total. The number of carbonyl (C=O) groups excluding carboxylic acids is 2. The third-order valence-corrected chi connectivity index (χ3v) is 5.28. The van der Waals surface area contributed by atoms with Gasteiger partial charge < -0.3 is 19.1 Å². The summed E-state index contributed by atoms with van der Waals surface area (Å²) in [4.78, 5) is 26.2. The van der Waals surface area contributed by atoms with Gasteiger partial charge in [0.05, 0.1) is 31.0 Å². The Bertz CT molecular complexity index is 1250. The second-order valence-corrected chi connectivity index (χ2v) is 8.04. The normalized spacial score (nSPS) is 13.5. The van der Waals surface area contributed by atoms with Gasteiger partial charge in [-0.05, 0) is 65.1 Å². The molecule has 0 N–H and O–H groups in total. The Morgan fingerprint density at radius 1 is 0.943 bits per heavy atom. The van der Waals surface area contributed by atoms with Gasteiger partial charge in [0.25, 0.3) is 0 Å². The van der Waals surface area contributed by atoms with Crippen molar-refractivity contribution in [2.24, 2.45) is 0 Å². The molecule has 12 heteroatoms. The van der Waals surface area contributed by atoms with E-state index in [1.807, 2.05) is 22.6 Å². The molecule has 1 aliphatic rings. The molecule has 1 aliphatic heterocycles. The second kappa shape index (κ2) is 10.5. The van der Waals surface area contributed by atoms with Crippen LogP contribution in [0, 0.1) is 15.2 Å². The van der Waals surface area contributed by atoms with Gasteiger partial charge in [0.15, 0.2) is 23.1 Å². The summed E-state index contributed by atoms with van der Waals surface area (Å²) in [5.41, 5.74) is -1.99. The summed E-state index contributed by atoms with van der Waals surface area (Å²) < 4.78 is 83.1. The molecule has 0 radical (unpaired) electrons. The van der Waals surface area contributed by atoms with E-state index < -0.39 is 41.1 Å². The highest BCUT2D eigenvalue weighted by Gasteiger charge is 2.34. The van der Waals surface area contributed by atoms with Crippen molar-refractivity contribution in [1.82, 2.24) is 0 Å². The van der Waals surface area contributed by atoms with Crippen LogP contribution in [-0.2, 0) is 25.2 Å². The summed E-state index contributed by atoms with van der Waals surface area (Å²) >= 11 is 1.93. The molecule has 0 aliphatic carbocycles. The number of methoxy groups -OCH3 is 2. The number of alkyl halides is 3. The van der Waals surface area contributed by atoms with Crippen molar-refractivity contribution >= 4 is 40.2 Å². The lowest BCUT2D eigenvalue weighted by Gasteiger charge is -2.25. The second-order valence-electron chi connectivity index (χ2n) is 6.80. The van der Waals surface area contributed by atoms with Gasteiger partial charge in [0.1, 0.15) is 5.70 Å². The average Bonchev–Trinajstić information content (AvgIpc) is 3.03. The number of carbonyl (C=O) groups is 2. The number of halogens is 6. The minimum Gasteiger partial charge on any atom is -0.465 e. The minimum atomic E-state index is -4.97. The maximum Gasteiger partial charge on any atom is 0.416 e. The predicted molar refractivity (Wildman–Crippen MR) is 122 cm³/mol. The largest absolute Gasteiger partial charge is 0.465 e. The highest BCUT2D eigenvalue weighted by molar-refractivity contribution is 14.1. The maximum absolute atomic E-state index is 14.5. The van der Waals surface area contributed by atoms with Gasteiger partial charge in [-0.15, -0.1) is 0 Å². The molecule has 0 aromatic heterocycles. The quantitative estimate of drug-likeness (QED) is 0.241. The zero-order valence-corrected chi connectivity index (χ0v) is 20.1. The van der Waals surface area contributed by atoms with Crippen LogP contribution in [0.25, 0.3) is 0 Å². The molecule has 1 heterocycles. The Morgan fingerprint density at radius 3 is 2.14 bits per heavy atom. The van der Waals surface area contributed by atoms with Gasteiger partial charge >= 0.3 is 18.1 Å². The third kappa shape index (κ3) is 5.63. The first kappa shape index (κ1) is 26.2. The van der Waals surface area contributed by atoms with Crippen molar-refractivity contribution in [2.45, 2.75) is 6.18 Å². The van der Waals surface area contributed by atoms with Crippen molar-refractivity contribution in [3.63, 3.8) is 0 Å². The zero-order chi connectivity index (χ0) is 25.9. The van der Waals surface area contributed by atoms with E-state index in [1.165, 1.54) is 47.5 Å². The first-order chi connectivity index (χ1) is 16.5. The van der Waals surface area contributed by atoms with E-state index in [0.717, 1.165) is 14.2 Å². The first-order valence-corrected chi connectivity index (χ1v) is 10.6. The Balaban J connectivity index is 2.19. The van der Waals surface area contributed by atoms with Gasteiger partial charge in [-0.2, -0.15) is 13.2 Å². The predicted octanol–water partition coefficient (Wildman–Crippen LogP) is 5.87. The Morgan fingerprint density at radius 2 is 1.57 bits per heavy atom. The van der Waals surface area contributed by atoms with Crippen LogP contribution in [0.4, 0.5) is 27.6 Å². The fraction of sp³-hybridized carbons (Fsp3) is 0.130. The van der Waals surface area contributed by atoms with Crippen molar-refractivity contribution in [3.8, 4) is 11.5 Å². The van der Waals surface area contributed by atoms with Crippen LogP contribution >= 0.6 is 22.6 Å². The lowest BCUT2D eigenvalue weighted by atomic mass is 10.1. The highest BCUT2D eigenvalue weighted by Crippen LogP contribution is 2.40. The SMILES string of the molecule is COC(=O)C1=C(C(=O)OC)N(c2cc(I)ccc2Oc2c(F)cc(C(F)(F)F)cc2F)C=CC=C1. The molecule has 184 valence electrons.